The smallest absolute Gasteiger partial charge is 0.124 e. The minimum absolute atomic E-state index is 0.0285. The van der Waals surface area contributed by atoms with Crippen molar-refractivity contribution in [2.24, 2.45) is 5.73 Å². The Bertz CT molecular complexity index is 373. The zero-order chi connectivity index (χ0) is 12.3. The van der Waals surface area contributed by atoms with Gasteiger partial charge in [-0.3, -0.25) is 0 Å². The lowest BCUT2D eigenvalue weighted by Gasteiger charge is -2.16. The first-order valence-corrected chi connectivity index (χ1v) is 5.50. The van der Waals surface area contributed by atoms with Gasteiger partial charge in [-0.1, -0.05) is 17.7 Å². The second-order valence-electron chi connectivity index (χ2n) is 4.46. The zero-order valence-corrected chi connectivity index (χ0v) is 10.6. The van der Waals surface area contributed by atoms with Gasteiger partial charge in [0.1, 0.15) is 5.75 Å². The normalized spacial score (nSPS) is 12.3. The number of methoxy groups -OCH3 is 1. The number of hydrogen-bond donors (Lipinski definition) is 1. The summed E-state index contributed by atoms with van der Waals surface area (Å²) in [7, 11) is 1.70. The number of hydrogen-bond acceptors (Lipinski definition) is 2. The first kappa shape index (κ1) is 12.8. The molecule has 0 spiro atoms. The molecule has 0 fully saturated rings. The summed E-state index contributed by atoms with van der Waals surface area (Å²) in [6.45, 7) is 9.99. The van der Waals surface area contributed by atoms with Gasteiger partial charge in [0.25, 0.3) is 0 Å². The molecule has 1 rings (SSSR count). The molecule has 0 aliphatic rings. The van der Waals surface area contributed by atoms with Crippen LogP contribution in [0, 0.1) is 13.8 Å². The van der Waals surface area contributed by atoms with Gasteiger partial charge in [0.05, 0.1) is 7.11 Å². The summed E-state index contributed by atoms with van der Waals surface area (Å²) in [6.07, 6.45) is 0.825. The van der Waals surface area contributed by atoms with E-state index < -0.39 is 0 Å². The standard InChI is InChI=1S/C14H21NO/c1-9(2)6-13(15)12-7-10(3)14(16-5)11(4)8-12/h7-8,13H,1,6,15H2,2-5H3/t13-/m0/s1. The van der Waals surface area contributed by atoms with E-state index in [-0.39, 0.29) is 6.04 Å². The van der Waals surface area contributed by atoms with Crippen LogP contribution in [0.1, 0.15) is 36.1 Å². The molecule has 1 aromatic rings. The molecule has 2 heteroatoms. The van der Waals surface area contributed by atoms with Gasteiger partial charge in [-0.25, -0.2) is 0 Å². The molecule has 0 bridgehead atoms. The van der Waals surface area contributed by atoms with Crippen LogP contribution >= 0.6 is 0 Å². The van der Waals surface area contributed by atoms with Crippen LogP contribution in [-0.2, 0) is 0 Å². The molecule has 0 amide bonds. The van der Waals surface area contributed by atoms with Crippen molar-refractivity contribution in [2.45, 2.75) is 33.2 Å². The maximum absolute atomic E-state index is 6.12. The number of benzene rings is 1. The minimum Gasteiger partial charge on any atom is -0.496 e. The molecular formula is C14H21NO. The molecule has 88 valence electrons. The van der Waals surface area contributed by atoms with Gasteiger partial charge >= 0.3 is 0 Å². The third kappa shape index (κ3) is 2.86. The van der Waals surface area contributed by atoms with E-state index in [0.717, 1.165) is 34.4 Å². The fourth-order valence-corrected chi connectivity index (χ4v) is 2.01. The molecule has 0 unspecified atom stereocenters. The van der Waals surface area contributed by atoms with Crippen molar-refractivity contribution in [1.29, 1.82) is 0 Å². The molecule has 0 aromatic heterocycles. The Morgan fingerprint density at radius 2 is 1.88 bits per heavy atom. The Balaban J connectivity index is 3.03. The summed E-state index contributed by atoms with van der Waals surface area (Å²) in [4.78, 5) is 0. The predicted octanol–water partition coefficient (Wildman–Crippen LogP) is 3.28. The van der Waals surface area contributed by atoms with Crippen LogP contribution in [0.15, 0.2) is 24.3 Å². The van der Waals surface area contributed by atoms with Crippen molar-refractivity contribution in [3.05, 3.63) is 41.0 Å². The first-order valence-electron chi connectivity index (χ1n) is 5.50. The Labute approximate surface area is 98.1 Å². The quantitative estimate of drug-likeness (QED) is 0.789. The number of aryl methyl sites for hydroxylation is 2. The van der Waals surface area contributed by atoms with Gasteiger partial charge in [0.2, 0.25) is 0 Å². The Kier molecular flexibility index (Phi) is 4.13. The van der Waals surface area contributed by atoms with E-state index in [1.165, 1.54) is 0 Å². The van der Waals surface area contributed by atoms with Crippen LogP contribution in [0.25, 0.3) is 0 Å². The second kappa shape index (κ2) is 5.17. The van der Waals surface area contributed by atoms with Gasteiger partial charge in [-0.2, -0.15) is 0 Å². The van der Waals surface area contributed by atoms with E-state index in [1.807, 2.05) is 20.8 Å². The summed E-state index contributed by atoms with van der Waals surface area (Å²) in [6, 6.07) is 4.22. The monoisotopic (exact) mass is 219 g/mol. The number of rotatable bonds is 4. The lowest BCUT2D eigenvalue weighted by Crippen LogP contribution is -2.11. The predicted molar refractivity (Wildman–Crippen MR) is 68.8 cm³/mol. The van der Waals surface area contributed by atoms with Crippen LogP contribution < -0.4 is 10.5 Å². The Hall–Kier alpha value is -1.28. The van der Waals surface area contributed by atoms with Crippen molar-refractivity contribution in [3.8, 4) is 5.75 Å². The fraction of sp³-hybridized carbons (Fsp3) is 0.429. The summed E-state index contributed by atoms with van der Waals surface area (Å²) >= 11 is 0. The molecule has 0 heterocycles. The van der Waals surface area contributed by atoms with E-state index in [2.05, 4.69) is 18.7 Å². The van der Waals surface area contributed by atoms with Crippen LogP contribution in [0.3, 0.4) is 0 Å². The third-order valence-corrected chi connectivity index (χ3v) is 2.68. The van der Waals surface area contributed by atoms with Crippen LogP contribution in [-0.4, -0.2) is 7.11 Å². The van der Waals surface area contributed by atoms with E-state index in [1.54, 1.807) is 7.11 Å². The molecule has 2 nitrogen and oxygen atoms in total. The van der Waals surface area contributed by atoms with E-state index in [0.29, 0.717) is 0 Å². The van der Waals surface area contributed by atoms with Crippen molar-refractivity contribution < 1.29 is 4.74 Å². The molecule has 1 aromatic carbocycles. The van der Waals surface area contributed by atoms with Crippen molar-refractivity contribution >= 4 is 0 Å². The molecule has 16 heavy (non-hydrogen) atoms. The SMILES string of the molecule is C=C(C)C[C@H](N)c1cc(C)c(OC)c(C)c1. The maximum Gasteiger partial charge on any atom is 0.124 e. The van der Waals surface area contributed by atoms with Gasteiger partial charge < -0.3 is 10.5 Å². The zero-order valence-electron chi connectivity index (χ0n) is 10.6. The highest BCUT2D eigenvalue weighted by Crippen LogP contribution is 2.28. The minimum atomic E-state index is 0.0285. The summed E-state index contributed by atoms with van der Waals surface area (Å²) in [5.41, 5.74) is 10.7. The third-order valence-electron chi connectivity index (χ3n) is 2.68. The van der Waals surface area contributed by atoms with Gasteiger partial charge in [0, 0.05) is 6.04 Å². The molecular weight excluding hydrogens is 198 g/mol. The highest BCUT2D eigenvalue weighted by molar-refractivity contribution is 5.44. The van der Waals surface area contributed by atoms with Crippen LogP contribution in [0.4, 0.5) is 0 Å². The summed E-state index contributed by atoms with van der Waals surface area (Å²) in [5.74, 6) is 0.950. The Morgan fingerprint density at radius 1 is 1.38 bits per heavy atom. The molecule has 0 aliphatic heterocycles. The van der Waals surface area contributed by atoms with Crippen LogP contribution in [0.2, 0.25) is 0 Å². The van der Waals surface area contributed by atoms with E-state index >= 15 is 0 Å². The maximum atomic E-state index is 6.12. The summed E-state index contributed by atoms with van der Waals surface area (Å²) < 4.78 is 5.33. The lowest BCUT2D eigenvalue weighted by molar-refractivity contribution is 0.408. The Morgan fingerprint density at radius 3 is 2.25 bits per heavy atom. The second-order valence-corrected chi connectivity index (χ2v) is 4.46. The average Bonchev–Trinajstić information content (AvgIpc) is 2.16. The van der Waals surface area contributed by atoms with Crippen LogP contribution in [0.5, 0.6) is 5.75 Å². The topological polar surface area (TPSA) is 35.2 Å². The lowest BCUT2D eigenvalue weighted by atomic mass is 9.97. The number of ether oxygens (including phenoxy) is 1. The molecule has 0 radical (unpaired) electrons. The van der Waals surface area contributed by atoms with Crippen molar-refractivity contribution in [1.82, 2.24) is 0 Å². The number of nitrogens with two attached hydrogens (primary N) is 1. The molecule has 1 atom stereocenters. The van der Waals surface area contributed by atoms with Gasteiger partial charge in [-0.05, 0) is 43.9 Å². The molecule has 0 saturated heterocycles. The van der Waals surface area contributed by atoms with Crippen molar-refractivity contribution in [2.75, 3.05) is 7.11 Å². The molecule has 2 N–H and O–H groups in total. The molecule has 0 saturated carbocycles. The van der Waals surface area contributed by atoms with E-state index in [4.69, 9.17) is 10.5 Å². The van der Waals surface area contributed by atoms with Gasteiger partial charge in [-0.15, -0.1) is 6.58 Å². The summed E-state index contributed by atoms with van der Waals surface area (Å²) in [5, 5.41) is 0. The largest absolute Gasteiger partial charge is 0.496 e. The highest BCUT2D eigenvalue weighted by atomic mass is 16.5. The first-order chi connectivity index (χ1) is 7.45. The van der Waals surface area contributed by atoms with E-state index in [9.17, 15) is 0 Å². The average molecular weight is 219 g/mol. The molecule has 0 aliphatic carbocycles. The van der Waals surface area contributed by atoms with Gasteiger partial charge in [0.15, 0.2) is 0 Å². The highest BCUT2D eigenvalue weighted by Gasteiger charge is 2.10. The van der Waals surface area contributed by atoms with Crippen molar-refractivity contribution in [3.63, 3.8) is 0 Å². The fourth-order valence-electron chi connectivity index (χ4n) is 2.01.